The summed E-state index contributed by atoms with van der Waals surface area (Å²) in [6, 6.07) is 6.96. The number of nitrogens with zero attached hydrogens (tertiary/aromatic N) is 1. The Morgan fingerprint density at radius 1 is 1.29 bits per heavy atom. The first-order valence-electron chi connectivity index (χ1n) is 6.77. The summed E-state index contributed by atoms with van der Waals surface area (Å²) in [5, 5.41) is 3.47. The fourth-order valence-electron chi connectivity index (χ4n) is 2.09. The van der Waals surface area contributed by atoms with Gasteiger partial charge in [-0.15, -0.1) is 11.3 Å². The summed E-state index contributed by atoms with van der Waals surface area (Å²) in [6.07, 6.45) is 0.910. The third kappa shape index (κ3) is 4.47. The molecule has 1 aromatic heterocycles. The SMILES string of the molecule is CCC(NCc1scnc1C)c1ccc(OC(F)F)cc1. The Balaban J connectivity index is 1.98. The number of rotatable bonds is 7. The minimum absolute atomic E-state index is 0.173. The van der Waals surface area contributed by atoms with E-state index in [1.165, 1.54) is 4.88 Å². The lowest BCUT2D eigenvalue weighted by atomic mass is 10.0. The summed E-state index contributed by atoms with van der Waals surface area (Å²) in [6.45, 7) is 2.04. The summed E-state index contributed by atoms with van der Waals surface area (Å²) < 4.78 is 28.6. The number of halogens is 2. The van der Waals surface area contributed by atoms with Gasteiger partial charge in [0.2, 0.25) is 0 Å². The van der Waals surface area contributed by atoms with Gasteiger partial charge < -0.3 is 10.1 Å². The van der Waals surface area contributed by atoms with E-state index >= 15 is 0 Å². The van der Waals surface area contributed by atoms with E-state index in [4.69, 9.17) is 0 Å². The van der Waals surface area contributed by atoms with Crippen molar-refractivity contribution in [2.45, 2.75) is 39.5 Å². The lowest BCUT2D eigenvalue weighted by Crippen LogP contribution is -2.20. The van der Waals surface area contributed by atoms with Gasteiger partial charge in [0.15, 0.2) is 0 Å². The molecule has 0 bridgehead atoms. The van der Waals surface area contributed by atoms with E-state index in [1.54, 1.807) is 23.5 Å². The van der Waals surface area contributed by atoms with E-state index in [2.05, 4.69) is 22.0 Å². The predicted molar refractivity (Wildman–Crippen MR) is 79.8 cm³/mol. The van der Waals surface area contributed by atoms with E-state index in [0.29, 0.717) is 0 Å². The molecule has 3 nitrogen and oxygen atoms in total. The van der Waals surface area contributed by atoms with Gasteiger partial charge in [0.1, 0.15) is 5.75 Å². The van der Waals surface area contributed by atoms with Crippen LogP contribution in [0.5, 0.6) is 5.75 Å². The van der Waals surface area contributed by atoms with Crippen LogP contribution in [0.2, 0.25) is 0 Å². The molecule has 1 heterocycles. The Labute approximate surface area is 127 Å². The molecule has 0 aliphatic rings. The van der Waals surface area contributed by atoms with Crippen molar-refractivity contribution in [1.29, 1.82) is 0 Å². The molecule has 1 N–H and O–H groups in total. The topological polar surface area (TPSA) is 34.2 Å². The van der Waals surface area contributed by atoms with Crippen LogP contribution in [0.1, 0.15) is 35.5 Å². The lowest BCUT2D eigenvalue weighted by Gasteiger charge is -2.17. The molecule has 0 aliphatic heterocycles. The third-order valence-corrected chi connectivity index (χ3v) is 4.20. The molecule has 21 heavy (non-hydrogen) atoms. The van der Waals surface area contributed by atoms with Gasteiger partial charge in [-0.3, -0.25) is 0 Å². The molecule has 0 saturated heterocycles. The van der Waals surface area contributed by atoms with Crippen molar-refractivity contribution < 1.29 is 13.5 Å². The Hall–Kier alpha value is -1.53. The number of hydrogen-bond acceptors (Lipinski definition) is 4. The monoisotopic (exact) mass is 312 g/mol. The van der Waals surface area contributed by atoms with Gasteiger partial charge in [-0.2, -0.15) is 8.78 Å². The van der Waals surface area contributed by atoms with Crippen molar-refractivity contribution in [2.24, 2.45) is 0 Å². The summed E-state index contributed by atoms with van der Waals surface area (Å²) in [5.41, 5.74) is 3.94. The van der Waals surface area contributed by atoms with Crippen molar-refractivity contribution >= 4 is 11.3 Å². The van der Waals surface area contributed by atoms with Crippen LogP contribution in [0, 0.1) is 6.92 Å². The Morgan fingerprint density at radius 3 is 2.52 bits per heavy atom. The minimum atomic E-state index is -2.79. The Bertz CT molecular complexity index is 557. The highest BCUT2D eigenvalue weighted by Crippen LogP contribution is 2.22. The quantitative estimate of drug-likeness (QED) is 0.828. The van der Waals surface area contributed by atoms with Crippen LogP contribution in [0.15, 0.2) is 29.8 Å². The fourth-order valence-corrected chi connectivity index (χ4v) is 2.82. The Morgan fingerprint density at radius 2 is 2.00 bits per heavy atom. The normalized spacial score (nSPS) is 12.6. The number of thiazole rings is 1. The van der Waals surface area contributed by atoms with Crippen molar-refractivity contribution in [2.75, 3.05) is 0 Å². The fraction of sp³-hybridized carbons (Fsp3) is 0.400. The van der Waals surface area contributed by atoms with Gasteiger partial charge in [0.05, 0.1) is 11.2 Å². The maximum atomic E-state index is 12.1. The second-order valence-corrected chi connectivity index (χ2v) is 5.59. The molecule has 2 aromatic rings. The first kappa shape index (κ1) is 15.9. The largest absolute Gasteiger partial charge is 0.435 e. The van der Waals surface area contributed by atoms with Gasteiger partial charge in [0.25, 0.3) is 0 Å². The van der Waals surface area contributed by atoms with E-state index in [9.17, 15) is 8.78 Å². The highest BCUT2D eigenvalue weighted by atomic mass is 32.1. The van der Waals surface area contributed by atoms with Gasteiger partial charge in [-0.25, -0.2) is 4.98 Å². The number of hydrogen-bond donors (Lipinski definition) is 1. The van der Waals surface area contributed by atoms with Crippen LogP contribution in [0.4, 0.5) is 8.78 Å². The summed E-state index contributed by atoms with van der Waals surface area (Å²) in [4.78, 5) is 5.44. The molecule has 0 aliphatic carbocycles. The molecular weight excluding hydrogens is 294 g/mol. The summed E-state index contributed by atoms with van der Waals surface area (Å²) in [5.74, 6) is 0.182. The van der Waals surface area contributed by atoms with Crippen LogP contribution in [-0.4, -0.2) is 11.6 Å². The Kier molecular flexibility index (Phi) is 5.64. The van der Waals surface area contributed by atoms with Crippen molar-refractivity contribution in [3.8, 4) is 5.75 Å². The van der Waals surface area contributed by atoms with Crippen LogP contribution in [0.3, 0.4) is 0 Å². The van der Waals surface area contributed by atoms with E-state index in [-0.39, 0.29) is 11.8 Å². The van der Waals surface area contributed by atoms with Crippen LogP contribution in [-0.2, 0) is 6.54 Å². The molecule has 1 aromatic carbocycles. The average molecular weight is 312 g/mol. The maximum absolute atomic E-state index is 12.1. The van der Waals surface area contributed by atoms with E-state index < -0.39 is 6.61 Å². The molecule has 0 saturated carbocycles. The van der Waals surface area contributed by atoms with Gasteiger partial charge in [-0.1, -0.05) is 19.1 Å². The molecular formula is C15H18F2N2OS. The zero-order valence-corrected chi connectivity index (χ0v) is 12.8. The maximum Gasteiger partial charge on any atom is 0.387 e. The standard InChI is InChI=1S/C15H18F2N2OS/c1-3-13(18-8-14-10(2)19-9-21-14)11-4-6-12(7-5-11)20-15(16)17/h4-7,9,13,15,18H,3,8H2,1-2H3. The van der Waals surface area contributed by atoms with Crippen molar-refractivity contribution in [3.63, 3.8) is 0 Å². The molecule has 0 amide bonds. The third-order valence-electron chi connectivity index (χ3n) is 3.27. The zero-order chi connectivity index (χ0) is 15.2. The first-order chi connectivity index (χ1) is 10.1. The van der Waals surface area contributed by atoms with Crippen molar-refractivity contribution in [1.82, 2.24) is 10.3 Å². The minimum Gasteiger partial charge on any atom is -0.435 e. The summed E-state index contributed by atoms with van der Waals surface area (Å²) >= 11 is 1.63. The number of nitrogens with one attached hydrogen (secondary N) is 1. The second kappa shape index (κ2) is 7.47. The van der Waals surface area contributed by atoms with Gasteiger partial charge in [0, 0.05) is 17.5 Å². The molecule has 0 fully saturated rings. The van der Waals surface area contributed by atoms with Crippen LogP contribution in [0.25, 0.3) is 0 Å². The summed E-state index contributed by atoms with van der Waals surface area (Å²) in [7, 11) is 0. The molecule has 0 radical (unpaired) electrons. The number of aryl methyl sites for hydroxylation is 1. The molecule has 2 rings (SSSR count). The molecule has 1 atom stereocenters. The molecule has 0 spiro atoms. The second-order valence-electron chi connectivity index (χ2n) is 4.65. The van der Waals surface area contributed by atoms with Crippen molar-refractivity contribution in [3.05, 3.63) is 45.9 Å². The molecule has 1 unspecified atom stereocenters. The number of ether oxygens (including phenoxy) is 1. The van der Waals surface area contributed by atoms with Crippen LogP contribution < -0.4 is 10.1 Å². The smallest absolute Gasteiger partial charge is 0.387 e. The molecule has 6 heteroatoms. The van der Waals surface area contributed by atoms with Gasteiger partial charge in [-0.05, 0) is 31.0 Å². The average Bonchev–Trinajstić information content (AvgIpc) is 2.86. The number of aromatic nitrogens is 1. The van der Waals surface area contributed by atoms with Crippen LogP contribution >= 0.6 is 11.3 Å². The number of benzene rings is 1. The van der Waals surface area contributed by atoms with Gasteiger partial charge >= 0.3 is 6.61 Å². The highest BCUT2D eigenvalue weighted by Gasteiger charge is 2.11. The first-order valence-corrected chi connectivity index (χ1v) is 7.65. The molecule has 114 valence electrons. The number of alkyl halides is 2. The van der Waals surface area contributed by atoms with E-state index in [1.807, 2.05) is 24.6 Å². The lowest BCUT2D eigenvalue weighted by molar-refractivity contribution is -0.0498. The zero-order valence-electron chi connectivity index (χ0n) is 12.0. The van der Waals surface area contributed by atoms with E-state index in [0.717, 1.165) is 24.2 Å². The predicted octanol–water partition coefficient (Wildman–Crippen LogP) is 4.29. The highest BCUT2D eigenvalue weighted by molar-refractivity contribution is 7.09.